The zero-order valence-electron chi connectivity index (χ0n) is 19.2. The normalized spacial score (nSPS) is 17.1. The molecule has 2 aliphatic rings. The highest BCUT2D eigenvalue weighted by molar-refractivity contribution is 6.21. The molecular formula is C29H29N3O2. The molecule has 3 aromatic rings. The first kappa shape index (κ1) is 22.3. The number of carbonyl (C=O) groups is 2. The number of piperazine rings is 1. The van der Waals surface area contributed by atoms with Crippen molar-refractivity contribution < 1.29 is 9.59 Å². The van der Waals surface area contributed by atoms with Crippen LogP contribution in [-0.2, 0) is 0 Å². The van der Waals surface area contributed by atoms with Crippen molar-refractivity contribution in [2.24, 2.45) is 0 Å². The number of imide groups is 1. The van der Waals surface area contributed by atoms with E-state index in [2.05, 4.69) is 76.5 Å². The van der Waals surface area contributed by atoms with Gasteiger partial charge in [0.25, 0.3) is 11.8 Å². The molecule has 0 aliphatic carbocycles. The molecule has 34 heavy (non-hydrogen) atoms. The summed E-state index contributed by atoms with van der Waals surface area (Å²) in [4.78, 5) is 31.3. The third-order valence-corrected chi connectivity index (χ3v) is 6.70. The Hall–Kier alpha value is -3.54. The van der Waals surface area contributed by atoms with E-state index in [9.17, 15) is 9.59 Å². The number of carbonyl (C=O) groups excluding carboxylic acids is 2. The Labute approximate surface area is 200 Å². The van der Waals surface area contributed by atoms with Crippen molar-refractivity contribution in [2.45, 2.75) is 6.04 Å². The first-order valence-corrected chi connectivity index (χ1v) is 11.9. The van der Waals surface area contributed by atoms with Crippen LogP contribution in [0.15, 0.2) is 97.1 Å². The molecule has 0 spiro atoms. The van der Waals surface area contributed by atoms with Crippen molar-refractivity contribution in [2.75, 3.05) is 39.3 Å². The minimum Gasteiger partial charge on any atom is -0.297 e. The van der Waals surface area contributed by atoms with Crippen LogP contribution in [0, 0.1) is 0 Å². The molecule has 172 valence electrons. The van der Waals surface area contributed by atoms with Crippen molar-refractivity contribution in [1.29, 1.82) is 0 Å². The summed E-state index contributed by atoms with van der Waals surface area (Å²) >= 11 is 0. The number of rotatable bonds is 7. The number of nitrogens with zero attached hydrogens (tertiary/aromatic N) is 3. The van der Waals surface area contributed by atoms with Crippen LogP contribution in [-0.4, -0.2) is 65.8 Å². The van der Waals surface area contributed by atoms with Crippen molar-refractivity contribution >= 4 is 11.8 Å². The minimum atomic E-state index is -0.202. The van der Waals surface area contributed by atoms with Crippen LogP contribution in [0.5, 0.6) is 0 Å². The highest BCUT2D eigenvalue weighted by Crippen LogP contribution is 2.29. The smallest absolute Gasteiger partial charge is 0.261 e. The van der Waals surface area contributed by atoms with Crippen LogP contribution < -0.4 is 0 Å². The Morgan fingerprint density at radius 1 is 0.618 bits per heavy atom. The van der Waals surface area contributed by atoms with Gasteiger partial charge in [-0.3, -0.25) is 24.3 Å². The second-order valence-electron chi connectivity index (χ2n) is 8.80. The molecule has 0 aromatic heterocycles. The second-order valence-corrected chi connectivity index (χ2v) is 8.80. The predicted molar refractivity (Wildman–Crippen MR) is 134 cm³/mol. The fourth-order valence-electron chi connectivity index (χ4n) is 4.90. The van der Waals surface area contributed by atoms with Gasteiger partial charge in [0.2, 0.25) is 0 Å². The van der Waals surface area contributed by atoms with Crippen molar-refractivity contribution in [3.8, 4) is 0 Å². The Morgan fingerprint density at radius 3 is 1.62 bits per heavy atom. The monoisotopic (exact) mass is 451 g/mol. The van der Waals surface area contributed by atoms with E-state index >= 15 is 0 Å². The van der Waals surface area contributed by atoms with Gasteiger partial charge in [0.05, 0.1) is 17.2 Å². The van der Waals surface area contributed by atoms with Crippen molar-refractivity contribution in [3.63, 3.8) is 0 Å². The molecule has 2 amide bonds. The molecule has 5 rings (SSSR count). The molecule has 0 saturated carbocycles. The molecule has 2 aliphatic heterocycles. The van der Waals surface area contributed by atoms with Crippen LogP contribution >= 0.6 is 0 Å². The lowest BCUT2D eigenvalue weighted by molar-refractivity contribution is 0.0671. The summed E-state index contributed by atoms with van der Waals surface area (Å²) in [7, 11) is 0. The van der Waals surface area contributed by atoms with E-state index in [1.165, 1.54) is 16.0 Å². The third kappa shape index (κ3) is 4.58. The van der Waals surface area contributed by atoms with E-state index < -0.39 is 0 Å². The number of amides is 2. The Kier molecular flexibility index (Phi) is 6.65. The van der Waals surface area contributed by atoms with E-state index in [1.54, 1.807) is 24.3 Å². The van der Waals surface area contributed by atoms with Gasteiger partial charge in [0, 0.05) is 39.3 Å². The molecule has 5 nitrogen and oxygen atoms in total. The van der Waals surface area contributed by atoms with E-state index in [-0.39, 0.29) is 17.9 Å². The summed E-state index contributed by atoms with van der Waals surface area (Å²) in [6.45, 7) is 5.07. The number of hydrogen-bond acceptors (Lipinski definition) is 4. The first-order chi connectivity index (χ1) is 16.7. The summed E-state index contributed by atoms with van der Waals surface area (Å²) < 4.78 is 0. The summed E-state index contributed by atoms with van der Waals surface area (Å²) in [5.74, 6) is -0.404. The SMILES string of the molecule is O=C1c2ccccc2C(=O)N1C/C=C/CN1CCN(C(c2ccccc2)c2ccccc2)CC1. The molecule has 0 N–H and O–H groups in total. The summed E-state index contributed by atoms with van der Waals surface area (Å²) in [6, 6.07) is 28.7. The van der Waals surface area contributed by atoms with Crippen LogP contribution in [0.1, 0.15) is 37.9 Å². The van der Waals surface area contributed by atoms with Crippen molar-refractivity contribution in [1.82, 2.24) is 14.7 Å². The number of benzene rings is 3. The lowest BCUT2D eigenvalue weighted by Crippen LogP contribution is -2.47. The van der Waals surface area contributed by atoms with Gasteiger partial charge >= 0.3 is 0 Å². The molecule has 5 heteroatoms. The zero-order chi connectivity index (χ0) is 23.3. The molecule has 1 saturated heterocycles. The lowest BCUT2D eigenvalue weighted by Gasteiger charge is -2.39. The summed E-state index contributed by atoms with van der Waals surface area (Å²) in [5, 5.41) is 0. The summed E-state index contributed by atoms with van der Waals surface area (Å²) in [6.07, 6.45) is 4.01. The predicted octanol–water partition coefficient (Wildman–Crippen LogP) is 4.25. The van der Waals surface area contributed by atoms with Crippen molar-refractivity contribution in [3.05, 3.63) is 119 Å². The van der Waals surface area contributed by atoms with Gasteiger partial charge < -0.3 is 0 Å². The topological polar surface area (TPSA) is 43.9 Å². The first-order valence-electron chi connectivity index (χ1n) is 11.9. The maximum atomic E-state index is 12.5. The molecule has 0 atom stereocenters. The molecule has 0 bridgehead atoms. The number of fused-ring (bicyclic) bond motifs is 1. The molecule has 3 aromatic carbocycles. The van der Waals surface area contributed by atoms with E-state index in [0.29, 0.717) is 17.7 Å². The van der Waals surface area contributed by atoms with Gasteiger partial charge in [-0.25, -0.2) is 0 Å². The highest BCUT2D eigenvalue weighted by Gasteiger charge is 2.34. The molecule has 1 fully saturated rings. The lowest BCUT2D eigenvalue weighted by atomic mass is 9.96. The molecule has 0 unspecified atom stereocenters. The van der Waals surface area contributed by atoms with Gasteiger partial charge in [0.15, 0.2) is 0 Å². The van der Waals surface area contributed by atoms with Gasteiger partial charge in [-0.2, -0.15) is 0 Å². The van der Waals surface area contributed by atoms with E-state index in [4.69, 9.17) is 0 Å². The summed E-state index contributed by atoms with van der Waals surface area (Å²) in [5.41, 5.74) is 3.65. The standard InChI is InChI=1S/C29H29N3O2/c33-28-25-15-7-8-16-26(25)29(34)32(28)18-10-9-17-30-19-21-31(22-20-30)27(23-11-3-1-4-12-23)24-13-5-2-6-14-24/h1-16,27H,17-22H2/b10-9+. The fraction of sp³-hybridized carbons (Fsp3) is 0.241. The van der Waals surface area contributed by atoms with Crippen LogP contribution in [0.2, 0.25) is 0 Å². The molecule has 0 radical (unpaired) electrons. The second kappa shape index (κ2) is 10.2. The minimum absolute atomic E-state index is 0.202. The maximum absolute atomic E-state index is 12.5. The van der Waals surface area contributed by atoms with Gasteiger partial charge in [-0.1, -0.05) is 84.9 Å². The fourth-order valence-corrected chi connectivity index (χ4v) is 4.90. The van der Waals surface area contributed by atoms with Crippen LogP contribution in [0.3, 0.4) is 0 Å². The van der Waals surface area contributed by atoms with Crippen LogP contribution in [0.25, 0.3) is 0 Å². The average molecular weight is 452 g/mol. The molecule has 2 heterocycles. The van der Waals surface area contributed by atoms with Gasteiger partial charge in [-0.05, 0) is 23.3 Å². The quantitative estimate of drug-likeness (QED) is 0.398. The van der Waals surface area contributed by atoms with Crippen LogP contribution in [0.4, 0.5) is 0 Å². The van der Waals surface area contributed by atoms with Gasteiger partial charge in [0.1, 0.15) is 0 Å². The Morgan fingerprint density at radius 2 is 1.09 bits per heavy atom. The maximum Gasteiger partial charge on any atom is 0.261 e. The van der Waals surface area contributed by atoms with E-state index in [0.717, 1.165) is 32.7 Å². The zero-order valence-corrected chi connectivity index (χ0v) is 19.2. The van der Waals surface area contributed by atoms with Gasteiger partial charge in [-0.15, -0.1) is 0 Å². The largest absolute Gasteiger partial charge is 0.297 e. The van der Waals surface area contributed by atoms with E-state index in [1.807, 2.05) is 6.08 Å². The Balaban J connectivity index is 1.16. The third-order valence-electron chi connectivity index (χ3n) is 6.70. The number of hydrogen-bond donors (Lipinski definition) is 0. The Bertz CT molecular complexity index is 1090. The molecular weight excluding hydrogens is 422 g/mol. The average Bonchev–Trinajstić information content (AvgIpc) is 3.14. The highest BCUT2D eigenvalue weighted by atomic mass is 16.2.